The maximum atomic E-state index is 12.2. The highest BCUT2D eigenvalue weighted by atomic mass is 35.5. The third-order valence-corrected chi connectivity index (χ3v) is 4.33. The van der Waals surface area contributed by atoms with E-state index < -0.39 is 4.92 Å². The number of nitro benzene ring substituents is 1. The molecule has 2 aromatic rings. The molecule has 0 radical (unpaired) electrons. The summed E-state index contributed by atoms with van der Waals surface area (Å²) in [6.07, 6.45) is 0.637. The normalized spacial score (nSPS) is 11.5. The maximum Gasteiger partial charge on any atom is 0.272 e. The molecule has 9 heteroatoms. The molecule has 1 aromatic carbocycles. The van der Waals surface area contributed by atoms with Crippen molar-refractivity contribution in [2.24, 2.45) is 5.73 Å². The summed E-state index contributed by atoms with van der Waals surface area (Å²) in [5, 5.41) is 16.3. The standard InChI is InChI=1S/C15H18N4O3S.ClH/c1-9-3-4-11(7-13(9)19(21)22)10(2)17-15(20)12-8-23-14(18-12)5-6-16;/h3-4,7-8,10H,5-6,16H2,1-2H3,(H,17,20);1H. The number of thiazole rings is 1. The number of halogens is 1. The molecule has 0 aliphatic rings. The van der Waals surface area contributed by atoms with Crippen LogP contribution in [0.3, 0.4) is 0 Å². The molecule has 0 saturated heterocycles. The third kappa shape index (κ3) is 4.73. The average Bonchev–Trinajstić information content (AvgIpc) is 2.96. The molecule has 7 nitrogen and oxygen atoms in total. The maximum absolute atomic E-state index is 12.2. The van der Waals surface area contributed by atoms with E-state index in [9.17, 15) is 14.9 Å². The van der Waals surface area contributed by atoms with Gasteiger partial charge in [-0.3, -0.25) is 14.9 Å². The van der Waals surface area contributed by atoms with Crippen molar-refractivity contribution in [2.45, 2.75) is 26.3 Å². The van der Waals surface area contributed by atoms with Crippen LogP contribution in [0.25, 0.3) is 0 Å². The number of nitrogens with zero attached hydrogens (tertiary/aromatic N) is 2. The molecule has 1 heterocycles. The molecule has 0 spiro atoms. The zero-order chi connectivity index (χ0) is 17.0. The molecular formula is C15H19ClN4O3S. The number of nitro groups is 1. The van der Waals surface area contributed by atoms with Gasteiger partial charge in [0.25, 0.3) is 11.6 Å². The van der Waals surface area contributed by atoms with Crippen molar-refractivity contribution in [3.05, 3.63) is 55.5 Å². The summed E-state index contributed by atoms with van der Waals surface area (Å²) < 4.78 is 0. The van der Waals surface area contributed by atoms with Gasteiger partial charge in [-0.05, 0) is 26.0 Å². The van der Waals surface area contributed by atoms with Gasteiger partial charge in [-0.15, -0.1) is 23.7 Å². The molecule has 1 atom stereocenters. The summed E-state index contributed by atoms with van der Waals surface area (Å²) >= 11 is 1.39. The van der Waals surface area contributed by atoms with E-state index in [1.54, 1.807) is 31.4 Å². The number of carbonyl (C=O) groups is 1. The summed E-state index contributed by atoms with van der Waals surface area (Å²) in [5.74, 6) is -0.305. The van der Waals surface area contributed by atoms with Crippen molar-refractivity contribution >= 4 is 35.3 Å². The molecule has 1 unspecified atom stereocenters. The lowest BCUT2D eigenvalue weighted by atomic mass is 10.0. The fourth-order valence-corrected chi connectivity index (χ4v) is 2.89. The van der Waals surface area contributed by atoms with Gasteiger partial charge < -0.3 is 11.1 Å². The smallest absolute Gasteiger partial charge is 0.272 e. The number of nitrogens with two attached hydrogens (primary N) is 1. The lowest BCUT2D eigenvalue weighted by molar-refractivity contribution is -0.385. The van der Waals surface area contributed by atoms with E-state index in [1.165, 1.54) is 17.4 Å². The predicted octanol–water partition coefficient (Wildman–Crippen LogP) is 2.77. The van der Waals surface area contributed by atoms with Crippen LogP contribution in [0.4, 0.5) is 5.69 Å². The van der Waals surface area contributed by atoms with Crippen LogP contribution in [-0.4, -0.2) is 22.4 Å². The lowest BCUT2D eigenvalue weighted by Gasteiger charge is -2.13. The molecule has 0 fully saturated rings. The number of benzene rings is 1. The Morgan fingerprint density at radius 2 is 2.21 bits per heavy atom. The molecule has 0 aliphatic carbocycles. The topological polar surface area (TPSA) is 111 Å². The number of hydrogen-bond acceptors (Lipinski definition) is 6. The second-order valence-corrected chi connectivity index (χ2v) is 6.11. The van der Waals surface area contributed by atoms with Crippen LogP contribution < -0.4 is 11.1 Å². The van der Waals surface area contributed by atoms with Gasteiger partial charge in [-0.25, -0.2) is 4.98 Å². The lowest BCUT2D eigenvalue weighted by Crippen LogP contribution is -2.27. The fourth-order valence-electron chi connectivity index (χ4n) is 2.10. The van der Waals surface area contributed by atoms with E-state index in [2.05, 4.69) is 10.3 Å². The molecular weight excluding hydrogens is 352 g/mol. The molecule has 0 bridgehead atoms. The number of aromatic nitrogens is 1. The Morgan fingerprint density at radius 1 is 1.50 bits per heavy atom. The molecule has 24 heavy (non-hydrogen) atoms. The second kappa shape index (κ2) is 8.72. The minimum atomic E-state index is -0.424. The van der Waals surface area contributed by atoms with Crippen LogP contribution in [0.15, 0.2) is 23.6 Å². The van der Waals surface area contributed by atoms with Gasteiger partial charge in [0, 0.05) is 23.4 Å². The van der Waals surface area contributed by atoms with Crippen molar-refractivity contribution in [2.75, 3.05) is 6.54 Å². The van der Waals surface area contributed by atoms with Gasteiger partial charge in [0.2, 0.25) is 0 Å². The van der Waals surface area contributed by atoms with Crippen LogP contribution in [0.2, 0.25) is 0 Å². The quantitative estimate of drug-likeness (QED) is 0.599. The molecule has 3 N–H and O–H groups in total. The first-order chi connectivity index (χ1) is 10.9. The third-order valence-electron chi connectivity index (χ3n) is 3.42. The highest BCUT2D eigenvalue weighted by molar-refractivity contribution is 7.09. The molecule has 0 saturated carbocycles. The second-order valence-electron chi connectivity index (χ2n) is 5.16. The minimum absolute atomic E-state index is 0. The summed E-state index contributed by atoms with van der Waals surface area (Å²) in [6, 6.07) is 4.58. The highest BCUT2D eigenvalue weighted by Crippen LogP contribution is 2.23. The van der Waals surface area contributed by atoms with E-state index in [0.717, 1.165) is 5.01 Å². The average molecular weight is 371 g/mol. The van der Waals surface area contributed by atoms with E-state index in [-0.39, 0.29) is 30.0 Å². The Morgan fingerprint density at radius 3 is 2.83 bits per heavy atom. The van der Waals surface area contributed by atoms with E-state index in [1.807, 2.05) is 0 Å². The van der Waals surface area contributed by atoms with Gasteiger partial charge in [0.15, 0.2) is 0 Å². The number of rotatable bonds is 6. The van der Waals surface area contributed by atoms with Crippen LogP contribution in [-0.2, 0) is 6.42 Å². The minimum Gasteiger partial charge on any atom is -0.344 e. The van der Waals surface area contributed by atoms with Crippen molar-refractivity contribution in [3.8, 4) is 0 Å². The van der Waals surface area contributed by atoms with Crippen molar-refractivity contribution < 1.29 is 9.72 Å². The zero-order valence-electron chi connectivity index (χ0n) is 13.3. The van der Waals surface area contributed by atoms with E-state index in [4.69, 9.17) is 5.73 Å². The Labute approximate surface area is 149 Å². The SMILES string of the molecule is Cc1ccc(C(C)NC(=O)c2csc(CCN)n2)cc1[N+](=O)[O-].Cl. The van der Waals surface area contributed by atoms with Gasteiger partial charge in [-0.2, -0.15) is 0 Å². The van der Waals surface area contributed by atoms with Gasteiger partial charge in [0.1, 0.15) is 5.69 Å². The Kier molecular flexibility index (Phi) is 7.27. The zero-order valence-corrected chi connectivity index (χ0v) is 14.9. The first-order valence-electron chi connectivity index (χ1n) is 7.12. The number of carbonyl (C=O) groups excluding carboxylic acids is 1. The summed E-state index contributed by atoms with van der Waals surface area (Å²) in [6.45, 7) is 3.94. The van der Waals surface area contributed by atoms with E-state index >= 15 is 0 Å². The van der Waals surface area contributed by atoms with Crippen LogP contribution in [0.5, 0.6) is 0 Å². The summed E-state index contributed by atoms with van der Waals surface area (Å²) in [7, 11) is 0. The largest absolute Gasteiger partial charge is 0.344 e. The molecule has 1 amide bonds. The molecule has 1 aromatic heterocycles. The fraction of sp³-hybridized carbons (Fsp3) is 0.333. The first kappa shape index (κ1) is 20.0. The molecule has 2 rings (SSSR count). The highest BCUT2D eigenvalue weighted by Gasteiger charge is 2.17. The Hall–Kier alpha value is -2.03. The van der Waals surface area contributed by atoms with Gasteiger partial charge in [0.05, 0.1) is 16.0 Å². The van der Waals surface area contributed by atoms with Gasteiger partial charge in [-0.1, -0.05) is 12.1 Å². The molecule has 0 aliphatic heterocycles. The Balaban J connectivity index is 0.00000288. The van der Waals surface area contributed by atoms with Crippen molar-refractivity contribution in [3.63, 3.8) is 0 Å². The van der Waals surface area contributed by atoms with E-state index in [0.29, 0.717) is 29.8 Å². The van der Waals surface area contributed by atoms with Crippen molar-refractivity contribution in [1.29, 1.82) is 0 Å². The predicted molar refractivity (Wildman–Crippen MR) is 95.8 cm³/mol. The summed E-state index contributed by atoms with van der Waals surface area (Å²) in [4.78, 5) is 27.0. The number of hydrogen-bond donors (Lipinski definition) is 2. The van der Waals surface area contributed by atoms with Crippen molar-refractivity contribution in [1.82, 2.24) is 10.3 Å². The first-order valence-corrected chi connectivity index (χ1v) is 8.00. The monoisotopic (exact) mass is 370 g/mol. The van der Waals surface area contributed by atoms with Crippen LogP contribution in [0, 0.1) is 17.0 Å². The van der Waals surface area contributed by atoms with Crippen LogP contribution in [0.1, 0.15) is 39.6 Å². The summed E-state index contributed by atoms with van der Waals surface area (Å²) in [5.41, 5.74) is 7.11. The van der Waals surface area contributed by atoms with Gasteiger partial charge >= 0.3 is 0 Å². The Bertz CT molecular complexity index is 735. The number of nitrogens with one attached hydrogen (secondary N) is 1. The number of amides is 1. The number of aryl methyl sites for hydroxylation is 1. The van der Waals surface area contributed by atoms with Crippen LogP contribution >= 0.6 is 23.7 Å². The molecule has 130 valence electrons.